The van der Waals surface area contributed by atoms with Crippen LogP contribution in [0, 0.1) is 5.92 Å². The van der Waals surface area contributed by atoms with Crippen LogP contribution in [0.3, 0.4) is 0 Å². The van der Waals surface area contributed by atoms with Gasteiger partial charge >= 0.3 is 0 Å². The third-order valence-electron chi connectivity index (χ3n) is 6.13. The van der Waals surface area contributed by atoms with Gasteiger partial charge in [0.1, 0.15) is 0 Å². The zero-order chi connectivity index (χ0) is 23.0. The summed E-state index contributed by atoms with van der Waals surface area (Å²) in [5.41, 5.74) is 4.55. The van der Waals surface area contributed by atoms with Crippen LogP contribution in [0.5, 0.6) is 0 Å². The van der Waals surface area contributed by atoms with Gasteiger partial charge in [0.15, 0.2) is 0 Å². The Morgan fingerprint density at radius 1 is 1.06 bits per heavy atom. The second-order valence-corrected chi connectivity index (χ2v) is 8.52. The van der Waals surface area contributed by atoms with Crippen LogP contribution >= 0.6 is 0 Å². The maximum Gasteiger partial charge on any atom is 0.227 e. The first kappa shape index (κ1) is 22.9. The van der Waals surface area contributed by atoms with Crippen LogP contribution in [0.1, 0.15) is 24.5 Å². The second-order valence-electron chi connectivity index (χ2n) is 8.52. The van der Waals surface area contributed by atoms with E-state index in [9.17, 15) is 4.79 Å². The lowest BCUT2D eigenvalue weighted by Crippen LogP contribution is -2.37. The minimum absolute atomic E-state index is 0.0977. The summed E-state index contributed by atoms with van der Waals surface area (Å²) in [6.07, 6.45) is 9.03. The molecule has 2 aromatic heterocycles. The minimum atomic E-state index is -0.0977. The number of rotatable bonds is 8. The van der Waals surface area contributed by atoms with Crippen LogP contribution in [-0.4, -0.2) is 63.9 Å². The molecule has 33 heavy (non-hydrogen) atoms. The summed E-state index contributed by atoms with van der Waals surface area (Å²) in [4.78, 5) is 30.8. The average Bonchev–Trinajstić information content (AvgIpc) is 3.00. The maximum atomic E-state index is 13.5. The molecule has 172 valence electrons. The number of nitrogens with zero attached hydrogens (tertiary/aromatic N) is 5. The predicted octanol–water partition coefficient (Wildman–Crippen LogP) is 3.49. The molecule has 7 nitrogen and oxygen atoms in total. The lowest BCUT2D eigenvalue weighted by atomic mass is 9.91. The van der Waals surface area contributed by atoms with Crippen molar-refractivity contribution in [1.29, 1.82) is 0 Å². The first-order valence-electron chi connectivity index (χ1n) is 11.7. The van der Waals surface area contributed by atoms with Crippen LogP contribution < -0.4 is 5.32 Å². The molecule has 1 aliphatic rings. The Morgan fingerprint density at radius 3 is 2.55 bits per heavy atom. The monoisotopic (exact) mass is 444 g/mol. The number of anilines is 1. The summed E-state index contributed by atoms with van der Waals surface area (Å²) in [7, 11) is 1.81. The van der Waals surface area contributed by atoms with Crippen molar-refractivity contribution < 1.29 is 4.79 Å². The molecule has 1 atom stereocenters. The van der Waals surface area contributed by atoms with E-state index in [2.05, 4.69) is 56.4 Å². The van der Waals surface area contributed by atoms with Gasteiger partial charge in [0, 0.05) is 70.1 Å². The van der Waals surface area contributed by atoms with Gasteiger partial charge < -0.3 is 10.2 Å². The minimum Gasteiger partial charge on any atom is -0.357 e. The Balaban J connectivity index is 1.57. The summed E-state index contributed by atoms with van der Waals surface area (Å²) in [6.45, 7) is 5.99. The molecule has 3 aromatic rings. The summed E-state index contributed by atoms with van der Waals surface area (Å²) in [6, 6.07) is 12.4. The van der Waals surface area contributed by atoms with Gasteiger partial charge in [-0.3, -0.25) is 14.7 Å². The molecule has 7 heteroatoms. The fraction of sp³-hybridized carbons (Fsp3) is 0.385. The standard InChI is InChI=1S/C26H32N6O/c1-3-12-32-14-13-31(18-20-16-29-26(27-2)30-17-20)19-23(25(32)33)15-22-6-4-5-7-24(22)21-8-10-28-11-9-21/h4-11,16-17,23H,3,12-15,18-19H2,1-2H3,(H,27,29,30). The van der Waals surface area contributed by atoms with Gasteiger partial charge in [-0.1, -0.05) is 31.2 Å². The van der Waals surface area contributed by atoms with E-state index < -0.39 is 0 Å². The van der Waals surface area contributed by atoms with Gasteiger partial charge in [-0.05, 0) is 41.7 Å². The lowest BCUT2D eigenvalue weighted by molar-refractivity contribution is -0.134. The molecule has 1 unspecified atom stereocenters. The maximum absolute atomic E-state index is 13.5. The topological polar surface area (TPSA) is 74.2 Å². The number of benzene rings is 1. The molecule has 4 rings (SSSR count). The molecular formula is C26H32N6O. The lowest BCUT2D eigenvalue weighted by Gasteiger charge is -2.24. The Morgan fingerprint density at radius 2 is 1.82 bits per heavy atom. The van der Waals surface area contributed by atoms with E-state index in [4.69, 9.17) is 0 Å². The van der Waals surface area contributed by atoms with E-state index in [0.29, 0.717) is 12.4 Å². The third-order valence-corrected chi connectivity index (χ3v) is 6.13. The summed E-state index contributed by atoms with van der Waals surface area (Å²) in [5.74, 6) is 0.773. The normalized spacial score (nSPS) is 17.1. The molecule has 3 heterocycles. The fourth-order valence-electron chi connectivity index (χ4n) is 4.50. The Kier molecular flexibility index (Phi) is 7.62. The van der Waals surface area contributed by atoms with Crippen molar-refractivity contribution in [3.63, 3.8) is 0 Å². The quantitative estimate of drug-likeness (QED) is 0.573. The van der Waals surface area contributed by atoms with E-state index in [-0.39, 0.29) is 11.8 Å². The Bertz CT molecular complexity index is 1040. The highest BCUT2D eigenvalue weighted by molar-refractivity contribution is 5.80. The number of carbonyl (C=O) groups excluding carboxylic acids is 1. The van der Waals surface area contributed by atoms with Crippen molar-refractivity contribution in [2.45, 2.75) is 26.3 Å². The first-order valence-corrected chi connectivity index (χ1v) is 11.7. The second kappa shape index (κ2) is 11.0. The molecule has 1 fully saturated rings. The van der Waals surface area contributed by atoms with Crippen LogP contribution in [0.25, 0.3) is 11.1 Å². The molecule has 1 amide bonds. The zero-order valence-corrected chi connectivity index (χ0v) is 19.4. The van der Waals surface area contributed by atoms with Crippen molar-refractivity contribution in [3.05, 3.63) is 72.3 Å². The van der Waals surface area contributed by atoms with Gasteiger partial charge in [0.25, 0.3) is 0 Å². The van der Waals surface area contributed by atoms with E-state index in [1.54, 1.807) is 0 Å². The number of hydrogen-bond donors (Lipinski definition) is 1. The molecule has 1 saturated heterocycles. The molecule has 0 saturated carbocycles. The van der Waals surface area contributed by atoms with Gasteiger partial charge in [-0.2, -0.15) is 0 Å². The van der Waals surface area contributed by atoms with E-state index in [1.165, 1.54) is 11.1 Å². The zero-order valence-electron chi connectivity index (χ0n) is 19.4. The molecular weight excluding hydrogens is 412 g/mol. The van der Waals surface area contributed by atoms with Crippen LogP contribution in [-0.2, 0) is 17.8 Å². The van der Waals surface area contributed by atoms with Crippen molar-refractivity contribution in [3.8, 4) is 11.1 Å². The van der Waals surface area contributed by atoms with Gasteiger partial charge in [-0.25, -0.2) is 9.97 Å². The first-order chi connectivity index (χ1) is 16.2. The van der Waals surface area contributed by atoms with Gasteiger partial charge in [0.05, 0.1) is 5.92 Å². The molecule has 1 N–H and O–H groups in total. The van der Waals surface area contributed by atoms with E-state index in [1.807, 2.05) is 48.9 Å². The molecule has 0 spiro atoms. The van der Waals surface area contributed by atoms with Crippen molar-refractivity contribution in [2.24, 2.45) is 5.92 Å². The number of carbonyl (C=O) groups is 1. The molecule has 0 aliphatic carbocycles. The van der Waals surface area contributed by atoms with E-state index in [0.717, 1.165) is 50.3 Å². The highest BCUT2D eigenvalue weighted by Crippen LogP contribution is 2.27. The molecule has 0 radical (unpaired) electrons. The Hall–Kier alpha value is -3.32. The summed E-state index contributed by atoms with van der Waals surface area (Å²) >= 11 is 0. The van der Waals surface area contributed by atoms with Crippen molar-refractivity contribution >= 4 is 11.9 Å². The number of pyridine rings is 1. The number of nitrogens with one attached hydrogen (secondary N) is 1. The predicted molar refractivity (Wildman–Crippen MR) is 131 cm³/mol. The number of amides is 1. The summed E-state index contributed by atoms with van der Waals surface area (Å²) < 4.78 is 0. The van der Waals surface area contributed by atoms with Gasteiger partial charge in [-0.15, -0.1) is 0 Å². The van der Waals surface area contributed by atoms with Crippen LogP contribution in [0.2, 0.25) is 0 Å². The SMILES string of the molecule is CCCN1CCN(Cc2cnc(NC)nc2)CC(Cc2ccccc2-c2ccncc2)C1=O. The molecule has 0 bridgehead atoms. The number of hydrogen-bond acceptors (Lipinski definition) is 6. The third kappa shape index (κ3) is 5.73. The molecule has 1 aliphatic heterocycles. The van der Waals surface area contributed by atoms with Gasteiger partial charge in [0.2, 0.25) is 11.9 Å². The fourth-order valence-corrected chi connectivity index (χ4v) is 4.50. The largest absolute Gasteiger partial charge is 0.357 e. The number of aromatic nitrogens is 3. The van der Waals surface area contributed by atoms with Crippen molar-refractivity contribution in [1.82, 2.24) is 24.8 Å². The van der Waals surface area contributed by atoms with Crippen LogP contribution in [0.4, 0.5) is 5.95 Å². The highest BCUT2D eigenvalue weighted by Gasteiger charge is 2.30. The summed E-state index contributed by atoms with van der Waals surface area (Å²) in [5, 5.41) is 2.96. The van der Waals surface area contributed by atoms with E-state index >= 15 is 0 Å². The Labute approximate surface area is 195 Å². The van der Waals surface area contributed by atoms with Crippen molar-refractivity contribution in [2.75, 3.05) is 38.5 Å². The average molecular weight is 445 g/mol. The van der Waals surface area contributed by atoms with Crippen LogP contribution in [0.15, 0.2) is 61.2 Å². The smallest absolute Gasteiger partial charge is 0.227 e. The highest BCUT2D eigenvalue weighted by atomic mass is 16.2. The molecule has 1 aromatic carbocycles.